The molecule has 0 aliphatic heterocycles. The number of benzene rings is 4. The number of allylic oxidation sites excluding steroid dienone is 2. The normalized spacial score (nSPS) is 17.9. The summed E-state index contributed by atoms with van der Waals surface area (Å²) >= 11 is -1.96. The molecule has 0 fully saturated rings. The Morgan fingerprint density at radius 1 is 0.588 bits per heavy atom. The number of rotatable bonds is 2. The Bertz CT molecular complexity index is 1420. The van der Waals surface area contributed by atoms with Gasteiger partial charge in [-0.2, -0.15) is 0 Å². The van der Waals surface area contributed by atoms with Gasteiger partial charge in [-0.05, 0) is 0 Å². The minimum absolute atomic E-state index is 0. The van der Waals surface area contributed by atoms with Crippen molar-refractivity contribution < 1.29 is 20.4 Å². The van der Waals surface area contributed by atoms with Gasteiger partial charge < -0.3 is 0 Å². The van der Waals surface area contributed by atoms with E-state index in [1.54, 1.807) is 22.3 Å². The van der Waals surface area contributed by atoms with Crippen LogP contribution < -0.4 is 0 Å². The maximum absolute atomic E-state index is 2.61. The van der Waals surface area contributed by atoms with Crippen molar-refractivity contribution in [3.8, 4) is 0 Å². The largest absolute Gasteiger partial charge is 0.147 e. The van der Waals surface area contributed by atoms with Crippen molar-refractivity contribution in [1.82, 2.24) is 0 Å². The molecule has 0 saturated heterocycles. The van der Waals surface area contributed by atoms with Crippen LogP contribution in [0.3, 0.4) is 0 Å². The van der Waals surface area contributed by atoms with Crippen molar-refractivity contribution in [3.05, 3.63) is 106 Å². The van der Waals surface area contributed by atoms with E-state index in [1.807, 2.05) is 0 Å². The van der Waals surface area contributed by atoms with Crippen LogP contribution in [0.5, 0.6) is 0 Å². The molecule has 0 spiro atoms. The zero-order valence-electron chi connectivity index (χ0n) is 20.1. The first-order valence-electron chi connectivity index (χ1n) is 11.6. The first kappa shape index (κ1) is 25.6. The van der Waals surface area contributed by atoms with Gasteiger partial charge in [-0.1, -0.05) is 0 Å². The summed E-state index contributed by atoms with van der Waals surface area (Å²) in [5, 5.41) is 5.60. The molecule has 0 amide bonds. The zero-order valence-corrected chi connectivity index (χ0v) is 25.1. The molecule has 4 heteroatoms. The number of fused-ring (bicyclic) bond motifs is 6. The topological polar surface area (TPSA) is 0 Å². The van der Waals surface area contributed by atoms with Crippen molar-refractivity contribution in [1.29, 1.82) is 0 Å². The van der Waals surface area contributed by atoms with E-state index in [9.17, 15) is 0 Å². The standard InChI is InChI=1S/2C14H11.C2H6Si.2ClH.Zr/c2*1-10-8-12-7-6-11-4-2-3-5-13(11)14(12)9-10;1-3-2;;;/h2*2-9H,1H3;1-2H3;2*1H;. The second-order valence-corrected chi connectivity index (χ2v) is 27.5. The Morgan fingerprint density at radius 2 is 1.00 bits per heavy atom. The Morgan fingerprint density at radius 3 is 1.41 bits per heavy atom. The van der Waals surface area contributed by atoms with Crippen molar-refractivity contribution in [2.24, 2.45) is 0 Å². The van der Waals surface area contributed by atoms with E-state index in [1.165, 1.54) is 32.7 Å². The molecule has 2 unspecified atom stereocenters. The van der Waals surface area contributed by atoms with Crippen LogP contribution in [0.1, 0.15) is 43.4 Å². The third kappa shape index (κ3) is 3.92. The molecule has 0 saturated carbocycles. The van der Waals surface area contributed by atoms with Gasteiger partial charge in [-0.25, -0.2) is 0 Å². The van der Waals surface area contributed by atoms with Gasteiger partial charge in [-0.15, -0.1) is 24.8 Å². The van der Waals surface area contributed by atoms with Gasteiger partial charge in [0.15, 0.2) is 0 Å². The van der Waals surface area contributed by atoms with Gasteiger partial charge in [0, 0.05) is 0 Å². The van der Waals surface area contributed by atoms with E-state index < -0.39 is 20.4 Å². The molecule has 34 heavy (non-hydrogen) atoms. The van der Waals surface area contributed by atoms with Crippen molar-refractivity contribution >= 4 is 63.9 Å². The molecule has 0 radical (unpaired) electrons. The number of halogens is 2. The number of hydrogen-bond donors (Lipinski definition) is 0. The fourth-order valence-corrected chi connectivity index (χ4v) is 26.9. The molecular weight excluding hydrogens is 551 g/mol. The van der Waals surface area contributed by atoms with Crippen LogP contribution >= 0.6 is 24.8 Å². The van der Waals surface area contributed by atoms with Crippen LogP contribution in [0.4, 0.5) is 0 Å². The summed E-state index contributed by atoms with van der Waals surface area (Å²) in [4.78, 5) is 0. The second-order valence-electron chi connectivity index (χ2n) is 9.68. The zero-order chi connectivity index (χ0) is 22.0. The van der Waals surface area contributed by atoms with E-state index in [0.717, 1.165) is 0 Å². The summed E-state index contributed by atoms with van der Waals surface area (Å²) in [6.07, 6.45) is 5.06. The van der Waals surface area contributed by atoms with E-state index in [4.69, 9.17) is 0 Å². The summed E-state index contributed by atoms with van der Waals surface area (Å²) in [5.74, 6) is 0. The van der Waals surface area contributed by atoms with E-state index >= 15 is 0 Å². The van der Waals surface area contributed by atoms with Crippen LogP contribution in [0, 0.1) is 0 Å². The second kappa shape index (κ2) is 9.90. The van der Waals surface area contributed by atoms with Crippen LogP contribution in [-0.2, 0) is 20.4 Å². The predicted octanol–water partition coefficient (Wildman–Crippen LogP) is 9.32. The van der Waals surface area contributed by atoms with Gasteiger partial charge in [0.1, 0.15) is 0 Å². The first-order chi connectivity index (χ1) is 15.5. The predicted molar refractivity (Wildman–Crippen MR) is 153 cm³/mol. The molecule has 2 aliphatic carbocycles. The fourth-order valence-electron chi connectivity index (χ4n) is 6.13. The Balaban J connectivity index is 0.00000137. The minimum atomic E-state index is -1.96. The molecule has 0 N–H and O–H groups in total. The van der Waals surface area contributed by atoms with Crippen LogP contribution in [-0.4, -0.2) is 5.43 Å². The monoisotopic (exact) mass is 578 g/mol. The van der Waals surface area contributed by atoms with E-state index in [0.29, 0.717) is 7.25 Å². The van der Waals surface area contributed by atoms with Gasteiger partial charge >= 0.3 is 200 Å². The van der Waals surface area contributed by atoms with Crippen molar-refractivity contribution in [2.75, 3.05) is 0 Å². The smallest absolute Gasteiger partial charge is 0.147 e. The molecular formula is C30H30Cl2SiZr. The fraction of sp³-hybridized carbons (Fsp3) is 0.200. The number of hydrogen-bond acceptors (Lipinski definition) is 0. The van der Waals surface area contributed by atoms with Crippen LogP contribution in [0.25, 0.3) is 33.7 Å². The molecule has 0 aromatic heterocycles. The third-order valence-corrected chi connectivity index (χ3v) is 27.4. The summed E-state index contributed by atoms with van der Waals surface area (Å²) in [7, 11) is 0. The van der Waals surface area contributed by atoms with Gasteiger partial charge in [0.05, 0.1) is 0 Å². The summed E-state index contributed by atoms with van der Waals surface area (Å²) in [5.41, 5.74) is 9.14. The SMILES string of the molecule is CC1=Cc2c(ccc3ccccc23)[CH]1[Zr]([CH]1C(C)=Cc2c1ccc1ccccc21)=[Si](C)C.Cl.Cl. The summed E-state index contributed by atoms with van der Waals surface area (Å²) in [6, 6.07) is 27.5. The molecule has 2 aliphatic rings. The van der Waals surface area contributed by atoms with Gasteiger partial charge in [-0.3, -0.25) is 0 Å². The molecule has 0 heterocycles. The van der Waals surface area contributed by atoms with Crippen LogP contribution in [0.15, 0.2) is 83.9 Å². The van der Waals surface area contributed by atoms with Crippen molar-refractivity contribution in [3.63, 3.8) is 0 Å². The van der Waals surface area contributed by atoms with Crippen molar-refractivity contribution in [2.45, 2.75) is 34.2 Å². The average molecular weight is 581 g/mol. The maximum atomic E-state index is 2.61. The summed E-state index contributed by atoms with van der Waals surface area (Å²) in [6.45, 7) is 10.1. The first-order valence-corrected chi connectivity index (χ1v) is 20.6. The summed E-state index contributed by atoms with van der Waals surface area (Å²) < 4.78 is 1.40. The minimum Gasteiger partial charge on any atom is -0.147 e. The van der Waals surface area contributed by atoms with E-state index in [-0.39, 0.29) is 30.2 Å². The third-order valence-electron chi connectivity index (χ3n) is 7.48. The molecule has 0 bridgehead atoms. The van der Waals surface area contributed by atoms with Gasteiger partial charge in [0.2, 0.25) is 0 Å². The Labute approximate surface area is 223 Å². The maximum Gasteiger partial charge on any atom is -0.147 e. The molecule has 2 atom stereocenters. The quantitative estimate of drug-likeness (QED) is 0.207. The van der Waals surface area contributed by atoms with E-state index in [2.05, 4.69) is 112 Å². The molecule has 172 valence electrons. The Hall–Kier alpha value is -1.44. The molecule has 4 aromatic rings. The molecule has 6 rings (SSSR count). The molecule has 4 aromatic carbocycles. The average Bonchev–Trinajstić information content (AvgIpc) is 3.31. The van der Waals surface area contributed by atoms with Gasteiger partial charge in [0.25, 0.3) is 0 Å². The Kier molecular flexibility index (Phi) is 7.47. The molecule has 0 nitrogen and oxygen atoms in total. The van der Waals surface area contributed by atoms with Crippen LogP contribution in [0.2, 0.25) is 13.1 Å².